The third-order valence-electron chi connectivity index (χ3n) is 3.75. The zero-order chi connectivity index (χ0) is 13.8. The van der Waals surface area contributed by atoms with Crippen molar-refractivity contribution >= 4 is 5.84 Å². The molecule has 3 N–H and O–H groups in total. The molecule has 1 aliphatic rings. The Labute approximate surface area is 111 Å². The van der Waals surface area contributed by atoms with E-state index in [0.717, 1.165) is 19.3 Å². The Morgan fingerprint density at radius 2 is 2.17 bits per heavy atom. The molecule has 4 heteroatoms. The standard InChI is InChI=1S/C14H28N2O2/c1-5-11(7-13(15)16-17)18-12-6-10(2)8-14(3,4)9-12/h10-12,17H,5-9H2,1-4H3,(H2,15,16). The first-order valence-corrected chi connectivity index (χ1v) is 6.98. The van der Waals surface area contributed by atoms with Crippen LogP contribution in [0.3, 0.4) is 0 Å². The topological polar surface area (TPSA) is 67.8 Å². The van der Waals surface area contributed by atoms with Crippen molar-refractivity contribution in [3.8, 4) is 0 Å². The third-order valence-corrected chi connectivity index (χ3v) is 3.75. The minimum absolute atomic E-state index is 0.0620. The minimum Gasteiger partial charge on any atom is -0.409 e. The van der Waals surface area contributed by atoms with Crippen LogP contribution in [-0.2, 0) is 4.74 Å². The molecule has 3 atom stereocenters. The Hall–Kier alpha value is -0.770. The molecule has 0 aliphatic heterocycles. The van der Waals surface area contributed by atoms with Gasteiger partial charge in [0.1, 0.15) is 5.84 Å². The maximum absolute atomic E-state index is 8.62. The van der Waals surface area contributed by atoms with Crippen molar-refractivity contribution in [1.29, 1.82) is 0 Å². The van der Waals surface area contributed by atoms with E-state index in [9.17, 15) is 0 Å². The molecule has 3 unspecified atom stereocenters. The van der Waals surface area contributed by atoms with Gasteiger partial charge in [-0.3, -0.25) is 0 Å². The fourth-order valence-corrected chi connectivity index (χ4v) is 3.20. The Morgan fingerprint density at radius 1 is 1.50 bits per heavy atom. The van der Waals surface area contributed by atoms with Crippen molar-refractivity contribution in [3.05, 3.63) is 0 Å². The van der Waals surface area contributed by atoms with Gasteiger partial charge in [0.05, 0.1) is 12.2 Å². The van der Waals surface area contributed by atoms with Crippen molar-refractivity contribution in [2.24, 2.45) is 22.2 Å². The molecule has 106 valence electrons. The van der Waals surface area contributed by atoms with E-state index in [1.54, 1.807) is 0 Å². The fourth-order valence-electron chi connectivity index (χ4n) is 3.20. The van der Waals surface area contributed by atoms with Gasteiger partial charge in [-0.15, -0.1) is 0 Å². The van der Waals surface area contributed by atoms with Gasteiger partial charge < -0.3 is 15.7 Å². The van der Waals surface area contributed by atoms with E-state index in [1.807, 2.05) is 0 Å². The van der Waals surface area contributed by atoms with Crippen molar-refractivity contribution < 1.29 is 9.94 Å². The second kappa shape index (κ2) is 6.41. The van der Waals surface area contributed by atoms with Gasteiger partial charge in [0.2, 0.25) is 0 Å². The van der Waals surface area contributed by atoms with Crippen molar-refractivity contribution in [1.82, 2.24) is 0 Å². The van der Waals surface area contributed by atoms with Crippen LogP contribution in [0, 0.1) is 11.3 Å². The second-order valence-electron chi connectivity index (χ2n) is 6.50. The first-order chi connectivity index (χ1) is 8.36. The first kappa shape index (κ1) is 15.3. The SMILES string of the molecule is CCC(C/C(N)=N/O)OC1CC(C)CC(C)(C)C1. The number of amidine groups is 1. The molecule has 0 aromatic carbocycles. The number of hydrogen-bond donors (Lipinski definition) is 2. The summed E-state index contributed by atoms with van der Waals surface area (Å²) < 4.78 is 6.15. The summed E-state index contributed by atoms with van der Waals surface area (Å²) in [5.74, 6) is 0.963. The summed E-state index contributed by atoms with van der Waals surface area (Å²) in [6.45, 7) is 8.99. The van der Waals surface area contributed by atoms with E-state index in [1.165, 1.54) is 6.42 Å². The van der Waals surface area contributed by atoms with Crippen LogP contribution >= 0.6 is 0 Å². The van der Waals surface area contributed by atoms with E-state index < -0.39 is 0 Å². The predicted molar refractivity (Wildman–Crippen MR) is 73.8 cm³/mol. The van der Waals surface area contributed by atoms with Gasteiger partial charge in [0, 0.05) is 6.42 Å². The average Bonchev–Trinajstić information content (AvgIpc) is 2.25. The maximum Gasteiger partial charge on any atom is 0.141 e. The van der Waals surface area contributed by atoms with Gasteiger partial charge in [0.25, 0.3) is 0 Å². The van der Waals surface area contributed by atoms with Crippen molar-refractivity contribution in [2.75, 3.05) is 0 Å². The third kappa shape index (κ3) is 4.84. The van der Waals surface area contributed by atoms with Crippen LogP contribution in [0.4, 0.5) is 0 Å². The first-order valence-electron chi connectivity index (χ1n) is 6.98. The molecular weight excluding hydrogens is 228 g/mol. The summed E-state index contributed by atoms with van der Waals surface area (Å²) >= 11 is 0. The van der Waals surface area contributed by atoms with E-state index >= 15 is 0 Å². The molecule has 4 nitrogen and oxygen atoms in total. The summed E-state index contributed by atoms with van der Waals surface area (Å²) in [4.78, 5) is 0. The van der Waals surface area contributed by atoms with Crippen LogP contribution < -0.4 is 5.73 Å². The van der Waals surface area contributed by atoms with E-state index in [2.05, 4.69) is 32.9 Å². The highest BCUT2D eigenvalue weighted by molar-refractivity contribution is 5.80. The van der Waals surface area contributed by atoms with Gasteiger partial charge in [-0.1, -0.05) is 32.9 Å². The Bertz CT molecular complexity index is 290. The lowest BCUT2D eigenvalue weighted by Gasteiger charge is -2.40. The molecule has 1 fully saturated rings. The molecule has 18 heavy (non-hydrogen) atoms. The predicted octanol–water partition coefficient (Wildman–Crippen LogP) is 3.13. The van der Waals surface area contributed by atoms with E-state index in [4.69, 9.17) is 15.7 Å². The van der Waals surface area contributed by atoms with E-state index in [-0.39, 0.29) is 11.9 Å². The van der Waals surface area contributed by atoms with Crippen LogP contribution in [0.2, 0.25) is 0 Å². The molecule has 0 aromatic heterocycles. The van der Waals surface area contributed by atoms with E-state index in [0.29, 0.717) is 23.9 Å². The normalized spacial score (nSPS) is 30.1. The maximum atomic E-state index is 8.62. The summed E-state index contributed by atoms with van der Waals surface area (Å²) in [6, 6.07) is 0. The van der Waals surface area contributed by atoms with Gasteiger partial charge in [-0.05, 0) is 37.0 Å². The molecular formula is C14H28N2O2. The monoisotopic (exact) mass is 256 g/mol. The lowest BCUT2D eigenvalue weighted by Crippen LogP contribution is -2.36. The molecule has 0 amide bonds. The number of oxime groups is 1. The molecule has 0 spiro atoms. The Kier molecular flexibility index (Phi) is 5.45. The summed E-state index contributed by atoms with van der Waals surface area (Å²) in [5, 5.41) is 11.6. The molecule has 0 heterocycles. The fraction of sp³-hybridized carbons (Fsp3) is 0.929. The van der Waals surface area contributed by atoms with Crippen LogP contribution in [0.1, 0.15) is 59.8 Å². The number of nitrogens with two attached hydrogens (primary N) is 1. The molecule has 1 aliphatic carbocycles. The highest BCUT2D eigenvalue weighted by Gasteiger charge is 2.33. The van der Waals surface area contributed by atoms with Crippen LogP contribution in [0.5, 0.6) is 0 Å². The largest absolute Gasteiger partial charge is 0.409 e. The van der Waals surface area contributed by atoms with Gasteiger partial charge >= 0.3 is 0 Å². The van der Waals surface area contributed by atoms with Crippen LogP contribution in [0.15, 0.2) is 5.16 Å². The Morgan fingerprint density at radius 3 is 2.67 bits per heavy atom. The number of rotatable bonds is 5. The lowest BCUT2D eigenvalue weighted by molar-refractivity contribution is -0.0637. The number of nitrogens with zero attached hydrogens (tertiary/aromatic N) is 1. The van der Waals surface area contributed by atoms with Gasteiger partial charge in [0.15, 0.2) is 0 Å². The average molecular weight is 256 g/mol. The highest BCUT2D eigenvalue weighted by Crippen LogP contribution is 2.40. The smallest absolute Gasteiger partial charge is 0.141 e. The summed E-state index contributed by atoms with van der Waals surface area (Å²) in [6.07, 6.45) is 5.26. The zero-order valence-electron chi connectivity index (χ0n) is 12.1. The summed E-state index contributed by atoms with van der Waals surface area (Å²) in [7, 11) is 0. The van der Waals surface area contributed by atoms with Crippen LogP contribution in [-0.4, -0.2) is 23.3 Å². The highest BCUT2D eigenvalue weighted by atomic mass is 16.5. The molecule has 0 bridgehead atoms. The number of hydrogen-bond acceptors (Lipinski definition) is 3. The molecule has 1 saturated carbocycles. The molecule has 0 radical (unpaired) electrons. The van der Waals surface area contributed by atoms with Crippen LogP contribution in [0.25, 0.3) is 0 Å². The molecule has 0 aromatic rings. The minimum atomic E-state index is 0.0620. The second-order valence-corrected chi connectivity index (χ2v) is 6.50. The molecule has 1 rings (SSSR count). The van der Waals surface area contributed by atoms with Crippen molar-refractivity contribution in [2.45, 2.75) is 72.0 Å². The van der Waals surface area contributed by atoms with Gasteiger partial charge in [-0.2, -0.15) is 0 Å². The van der Waals surface area contributed by atoms with Gasteiger partial charge in [-0.25, -0.2) is 0 Å². The molecule has 0 saturated heterocycles. The quantitative estimate of drug-likeness (QED) is 0.344. The number of ether oxygens (including phenoxy) is 1. The summed E-state index contributed by atoms with van der Waals surface area (Å²) in [5.41, 5.74) is 5.91. The zero-order valence-corrected chi connectivity index (χ0v) is 12.1. The Balaban J connectivity index is 2.53. The lowest BCUT2D eigenvalue weighted by atomic mass is 9.71. The van der Waals surface area contributed by atoms with Crippen molar-refractivity contribution in [3.63, 3.8) is 0 Å².